The van der Waals surface area contributed by atoms with Gasteiger partial charge < -0.3 is 0 Å². The van der Waals surface area contributed by atoms with Gasteiger partial charge >= 0.3 is 0 Å². The van der Waals surface area contributed by atoms with Gasteiger partial charge in [0.25, 0.3) is 0 Å². The predicted molar refractivity (Wildman–Crippen MR) is 78.1 cm³/mol. The smallest absolute Gasteiger partial charge is 0.0228 e. The quantitative estimate of drug-likeness (QED) is 0.513. The number of hydrogen-bond acceptors (Lipinski definition) is 0. The molecule has 0 heterocycles. The van der Waals surface area contributed by atoms with Crippen molar-refractivity contribution in [1.29, 1.82) is 0 Å². The Labute approximate surface area is 108 Å². The Kier molecular flexibility index (Phi) is 6.02. The first-order chi connectivity index (χ1) is 8.12. The van der Waals surface area contributed by atoms with Crippen molar-refractivity contribution in [3.05, 3.63) is 24.8 Å². The second-order valence-electron chi connectivity index (χ2n) is 6.34. The van der Waals surface area contributed by atoms with Crippen LogP contribution in [0.1, 0.15) is 65.7 Å². The van der Waals surface area contributed by atoms with E-state index in [1.807, 2.05) is 0 Å². The average Bonchev–Trinajstić information content (AvgIpc) is 2.29. The maximum atomic E-state index is 3.95. The van der Waals surface area contributed by atoms with Crippen LogP contribution in [0.15, 0.2) is 24.8 Å². The monoisotopic (exact) mass is 234 g/mol. The summed E-state index contributed by atoms with van der Waals surface area (Å²) in [6.45, 7) is 10.8. The lowest BCUT2D eigenvalue weighted by Gasteiger charge is -2.40. The molecule has 0 N–H and O–H groups in total. The van der Waals surface area contributed by atoms with E-state index in [9.17, 15) is 0 Å². The van der Waals surface area contributed by atoms with Crippen LogP contribution in [0.4, 0.5) is 0 Å². The van der Waals surface area contributed by atoms with Gasteiger partial charge in [0.05, 0.1) is 0 Å². The van der Waals surface area contributed by atoms with Crippen LogP contribution >= 0.6 is 0 Å². The molecule has 0 aromatic rings. The van der Waals surface area contributed by atoms with Gasteiger partial charge in [-0.3, -0.25) is 0 Å². The van der Waals surface area contributed by atoms with E-state index >= 15 is 0 Å². The minimum absolute atomic E-state index is 0.543. The molecule has 1 saturated carbocycles. The molecule has 0 radical (unpaired) electrons. The third-order valence-electron chi connectivity index (χ3n) is 4.33. The first-order valence-electron chi connectivity index (χ1n) is 7.34. The van der Waals surface area contributed by atoms with Crippen molar-refractivity contribution in [2.45, 2.75) is 65.7 Å². The highest BCUT2D eigenvalue weighted by Gasteiger charge is 2.33. The summed E-state index contributed by atoms with van der Waals surface area (Å²) in [5.74, 6) is 1.85. The fourth-order valence-corrected chi connectivity index (χ4v) is 3.36. The molecule has 1 aliphatic carbocycles. The molecular formula is C17H30. The molecule has 0 bridgehead atoms. The lowest BCUT2D eigenvalue weighted by atomic mass is 9.65. The molecule has 17 heavy (non-hydrogen) atoms. The van der Waals surface area contributed by atoms with Crippen LogP contribution in [0.5, 0.6) is 0 Å². The van der Waals surface area contributed by atoms with Gasteiger partial charge in [-0.25, -0.2) is 0 Å². The van der Waals surface area contributed by atoms with Gasteiger partial charge in [-0.05, 0) is 69.1 Å². The summed E-state index contributed by atoms with van der Waals surface area (Å²) in [4.78, 5) is 0. The lowest BCUT2D eigenvalue weighted by molar-refractivity contribution is 0.141. The molecule has 0 aliphatic heterocycles. The summed E-state index contributed by atoms with van der Waals surface area (Å²) < 4.78 is 0. The zero-order valence-electron chi connectivity index (χ0n) is 12.0. The van der Waals surface area contributed by atoms with Gasteiger partial charge in [-0.1, -0.05) is 32.1 Å². The Balaban J connectivity index is 2.51. The zero-order valence-corrected chi connectivity index (χ0v) is 12.0. The van der Waals surface area contributed by atoms with Crippen LogP contribution in [-0.4, -0.2) is 0 Å². The molecule has 1 aliphatic rings. The average molecular weight is 234 g/mol. The van der Waals surface area contributed by atoms with E-state index in [-0.39, 0.29) is 0 Å². The lowest BCUT2D eigenvalue weighted by Crippen LogP contribution is -2.27. The van der Waals surface area contributed by atoms with Crippen molar-refractivity contribution in [2.75, 3.05) is 0 Å². The Morgan fingerprint density at radius 3 is 2.35 bits per heavy atom. The fourth-order valence-electron chi connectivity index (χ4n) is 3.36. The largest absolute Gasteiger partial charge is 0.103 e. The highest BCUT2D eigenvalue weighted by molar-refractivity contribution is 4.96. The number of rotatable bonds is 6. The van der Waals surface area contributed by atoms with Gasteiger partial charge in [0, 0.05) is 0 Å². The highest BCUT2D eigenvalue weighted by Crippen LogP contribution is 2.46. The van der Waals surface area contributed by atoms with Crippen LogP contribution in [0.2, 0.25) is 0 Å². The SMILES string of the molecule is C=CCC1(C/C=C\C)CCC(CC(C)C)CC1. The Bertz CT molecular complexity index is 239. The van der Waals surface area contributed by atoms with Crippen LogP contribution in [0, 0.1) is 17.3 Å². The van der Waals surface area contributed by atoms with E-state index in [0.717, 1.165) is 11.8 Å². The molecule has 0 amide bonds. The molecule has 1 fully saturated rings. The first-order valence-corrected chi connectivity index (χ1v) is 7.34. The standard InChI is InChI=1S/C17H30/c1-5-7-11-17(10-6-2)12-8-16(9-13-17)14-15(3)4/h5-7,15-16H,2,8-14H2,1,3-4H3/b7-5-. The predicted octanol–water partition coefficient (Wildman–Crippen LogP) is 5.75. The molecule has 0 aromatic heterocycles. The number of hydrogen-bond donors (Lipinski definition) is 0. The molecule has 0 aromatic carbocycles. The highest BCUT2D eigenvalue weighted by atomic mass is 14.4. The summed E-state index contributed by atoms with van der Waals surface area (Å²) in [6, 6.07) is 0. The second-order valence-corrected chi connectivity index (χ2v) is 6.34. The molecular weight excluding hydrogens is 204 g/mol. The summed E-state index contributed by atoms with van der Waals surface area (Å²) in [6.07, 6.45) is 16.2. The van der Waals surface area contributed by atoms with Crippen molar-refractivity contribution in [2.24, 2.45) is 17.3 Å². The van der Waals surface area contributed by atoms with E-state index in [1.54, 1.807) is 0 Å². The van der Waals surface area contributed by atoms with Crippen LogP contribution in [-0.2, 0) is 0 Å². The van der Waals surface area contributed by atoms with E-state index < -0.39 is 0 Å². The maximum Gasteiger partial charge on any atom is -0.0228 e. The number of allylic oxidation sites excluding steroid dienone is 3. The topological polar surface area (TPSA) is 0 Å². The Hall–Kier alpha value is -0.520. The van der Waals surface area contributed by atoms with Gasteiger partial charge in [-0.15, -0.1) is 6.58 Å². The summed E-state index contributed by atoms with van der Waals surface area (Å²) in [5, 5.41) is 0. The minimum atomic E-state index is 0.543. The van der Waals surface area contributed by atoms with Gasteiger partial charge in [0.1, 0.15) is 0 Å². The van der Waals surface area contributed by atoms with Crippen molar-refractivity contribution in [3.63, 3.8) is 0 Å². The van der Waals surface area contributed by atoms with Gasteiger partial charge in [0.2, 0.25) is 0 Å². The fraction of sp³-hybridized carbons (Fsp3) is 0.765. The van der Waals surface area contributed by atoms with Crippen LogP contribution in [0.3, 0.4) is 0 Å². The third-order valence-corrected chi connectivity index (χ3v) is 4.33. The van der Waals surface area contributed by atoms with E-state index in [2.05, 4.69) is 45.6 Å². The van der Waals surface area contributed by atoms with Crippen LogP contribution < -0.4 is 0 Å². The molecule has 0 nitrogen and oxygen atoms in total. The first kappa shape index (κ1) is 14.5. The van der Waals surface area contributed by atoms with Gasteiger partial charge in [-0.2, -0.15) is 0 Å². The zero-order chi connectivity index (χ0) is 12.7. The van der Waals surface area contributed by atoms with Crippen molar-refractivity contribution >= 4 is 0 Å². The van der Waals surface area contributed by atoms with Crippen molar-refractivity contribution in [3.8, 4) is 0 Å². The Morgan fingerprint density at radius 2 is 1.88 bits per heavy atom. The summed E-state index contributed by atoms with van der Waals surface area (Å²) in [5.41, 5.74) is 0.543. The summed E-state index contributed by atoms with van der Waals surface area (Å²) >= 11 is 0. The van der Waals surface area contributed by atoms with E-state index in [1.165, 1.54) is 44.9 Å². The normalized spacial score (nSPS) is 30.0. The maximum absolute atomic E-state index is 3.95. The van der Waals surface area contributed by atoms with E-state index in [4.69, 9.17) is 0 Å². The molecule has 0 spiro atoms. The molecule has 0 unspecified atom stereocenters. The minimum Gasteiger partial charge on any atom is -0.103 e. The van der Waals surface area contributed by atoms with Crippen LogP contribution in [0.25, 0.3) is 0 Å². The molecule has 1 rings (SSSR count). The second kappa shape index (κ2) is 7.03. The molecule has 0 saturated heterocycles. The molecule has 0 atom stereocenters. The van der Waals surface area contributed by atoms with E-state index in [0.29, 0.717) is 5.41 Å². The molecule has 0 heteroatoms. The van der Waals surface area contributed by atoms with Crippen molar-refractivity contribution < 1.29 is 0 Å². The van der Waals surface area contributed by atoms with Gasteiger partial charge in [0.15, 0.2) is 0 Å². The summed E-state index contributed by atoms with van der Waals surface area (Å²) in [7, 11) is 0. The molecule has 98 valence electrons. The Morgan fingerprint density at radius 1 is 1.24 bits per heavy atom. The van der Waals surface area contributed by atoms with Crippen molar-refractivity contribution in [1.82, 2.24) is 0 Å². The third kappa shape index (κ3) is 4.69.